The topological polar surface area (TPSA) is 55.2 Å². The first kappa shape index (κ1) is 18.0. The molecule has 0 bridgehead atoms. The summed E-state index contributed by atoms with van der Waals surface area (Å²) < 4.78 is 1.66. The smallest absolute Gasteiger partial charge is 0.267 e. The zero-order valence-electron chi connectivity index (χ0n) is 16.0. The fourth-order valence-corrected chi connectivity index (χ4v) is 4.28. The second-order valence-electron chi connectivity index (χ2n) is 7.89. The molecule has 2 heterocycles. The lowest BCUT2D eigenvalue weighted by molar-refractivity contribution is 0.0679. The molecule has 142 valence electrons. The molecule has 1 fully saturated rings. The van der Waals surface area contributed by atoms with Gasteiger partial charge in [0.1, 0.15) is 0 Å². The van der Waals surface area contributed by atoms with E-state index in [0.717, 1.165) is 74.0 Å². The highest BCUT2D eigenvalue weighted by Crippen LogP contribution is 2.22. The first-order valence-corrected chi connectivity index (χ1v) is 10.1. The van der Waals surface area contributed by atoms with Crippen LogP contribution in [0.1, 0.15) is 52.9 Å². The molecule has 0 unspecified atom stereocenters. The summed E-state index contributed by atoms with van der Waals surface area (Å²) in [5.41, 5.74) is 4.08. The Balaban J connectivity index is 1.39. The van der Waals surface area contributed by atoms with Crippen LogP contribution in [0.15, 0.2) is 35.1 Å². The number of fused-ring (bicyclic) bond motifs is 1. The lowest BCUT2D eigenvalue weighted by Crippen LogP contribution is -2.40. The largest absolute Gasteiger partial charge is 0.339 e. The van der Waals surface area contributed by atoms with Crippen LogP contribution in [0.3, 0.4) is 0 Å². The Labute approximate surface area is 160 Å². The summed E-state index contributed by atoms with van der Waals surface area (Å²) in [6.07, 6.45) is 6.13. The highest BCUT2D eigenvalue weighted by Gasteiger charge is 2.25. The summed E-state index contributed by atoms with van der Waals surface area (Å²) in [5.74, 6) is 0.522. The van der Waals surface area contributed by atoms with Crippen LogP contribution >= 0.6 is 0 Å². The van der Waals surface area contributed by atoms with Crippen molar-refractivity contribution in [3.05, 3.63) is 63.1 Å². The van der Waals surface area contributed by atoms with Gasteiger partial charge in [-0.2, -0.15) is 5.10 Å². The van der Waals surface area contributed by atoms with Crippen molar-refractivity contribution >= 4 is 5.91 Å². The molecule has 4 rings (SSSR count). The lowest BCUT2D eigenvalue weighted by Gasteiger charge is -2.32. The minimum atomic E-state index is 0.0223. The molecular formula is C22H27N3O2. The van der Waals surface area contributed by atoms with E-state index in [9.17, 15) is 9.59 Å². The van der Waals surface area contributed by atoms with Gasteiger partial charge in [0.15, 0.2) is 0 Å². The van der Waals surface area contributed by atoms with Gasteiger partial charge in [-0.15, -0.1) is 0 Å². The van der Waals surface area contributed by atoms with E-state index in [1.54, 1.807) is 10.7 Å². The van der Waals surface area contributed by atoms with Crippen LogP contribution in [-0.2, 0) is 19.4 Å². The summed E-state index contributed by atoms with van der Waals surface area (Å²) in [4.78, 5) is 27.1. The van der Waals surface area contributed by atoms with E-state index in [2.05, 4.69) is 5.10 Å². The number of rotatable bonds is 3. The van der Waals surface area contributed by atoms with Crippen LogP contribution in [0, 0.1) is 12.8 Å². The number of piperidine rings is 1. The second kappa shape index (κ2) is 7.67. The zero-order valence-corrected chi connectivity index (χ0v) is 16.0. The molecule has 1 aromatic carbocycles. The van der Waals surface area contributed by atoms with Gasteiger partial charge in [-0.3, -0.25) is 9.59 Å². The third kappa shape index (κ3) is 3.82. The molecule has 0 radical (unpaired) electrons. The third-order valence-corrected chi connectivity index (χ3v) is 5.98. The molecule has 0 atom stereocenters. The van der Waals surface area contributed by atoms with Crippen LogP contribution in [0.2, 0.25) is 0 Å². The molecule has 1 aromatic heterocycles. The molecule has 0 saturated carbocycles. The Morgan fingerprint density at radius 2 is 1.89 bits per heavy atom. The minimum absolute atomic E-state index is 0.0223. The summed E-state index contributed by atoms with van der Waals surface area (Å²) >= 11 is 0. The van der Waals surface area contributed by atoms with Gasteiger partial charge in [0.25, 0.3) is 11.5 Å². The van der Waals surface area contributed by atoms with E-state index in [0.29, 0.717) is 12.5 Å². The Kier molecular flexibility index (Phi) is 5.10. The number of amides is 1. The number of nitrogens with zero attached hydrogens (tertiary/aromatic N) is 3. The van der Waals surface area contributed by atoms with E-state index < -0.39 is 0 Å². The lowest BCUT2D eigenvalue weighted by atomic mass is 9.95. The Hall–Kier alpha value is -2.43. The molecule has 1 aliphatic carbocycles. The van der Waals surface area contributed by atoms with Crippen molar-refractivity contribution in [2.45, 2.75) is 52.0 Å². The predicted octanol–water partition coefficient (Wildman–Crippen LogP) is 2.98. The van der Waals surface area contributed by atoms with Gasteiger partial charge < -0.3 is 4.90 Å². The standard InChI is InChI=1S/C22H27N3O2/c1-16-6-2-4-8-19(16)22(27)24-12-10-17(11-13-24)15-25-21(26)14-18-7-3-5-9-20(18)23-25/h2,4,6,8,14,17H,3,5,7,9-13,15H2,1H3. The van der Waals surface area contributed by atoms with Crippen molar-refractivity contribution in [2.75, 3.05) is 13.1 Å². The highest BCUT2D eigenvalue weighted by molar-refractivity contribution is 5.95. The second-order valence-corrected chi connectivity index (χ2v) is 7.89. The quantitative estimate of drug-likeness (QED) is 0.840. The van der Waals surface area contributed by atoms with E-state index in [4.69, 9.17) is 0 Å². The van der Waals surface area contributed by atoms with Crippen molar-refractivity contribution < 1.29 is 4.79 Å². The number of aromatic nitrogens is 2. The number of carbonyl (C=O) groups is 1. The molecule has 0 spiro atoms. The Morgan fingerprint density at radius 3 is 2.67 bits per heavy atom. The number of aryl methyl sites for hydroxylation is 3. The van der Waals surface area contributed by atoms with Crippen LogP contribution in [0.5, 0.6) is 0 Å². The van der Waals surface area contributed by atoms with Gasteiger partial charge in [-0.25, -0.2) is 4.68 Å². The molecule has 2 aromatic rings. The van der Waals surface area contributed by atoms with E-state index in [-0.39, 0.29) is 11.5 Å². The molecule has 1 saturated heterocycles. The normalized spacial score (nSPS) is 17.6. The number of benzene rings is 1. The molecule has 1 amide bonds. The van der Waals surface area contributed by atoms with Crippen molar-refractivity contribution in [2.24, 2.45) is 5.92 Å². The van der Waals surface area contributed by atoms with E-state index >= 15 is 0 Å². The number of hydrogen-bond acceptors (Lipinski definition) is 3. The van der Waals surface area contributed by atoms with Gasteiger partial charge in [-0.05, 0) is 68.6 Å². The van der Waals surface area contributed by atoms with Crippen LogP contribution < -0.4 is 5.56 Å². The predicted molar refractivity (Wildman–Crippen MR) is 105 cm³/mol. The molecule has 2 aliphatic rings. The fraction of sp³-hybridized carbons (Fsp3) is 0.500. The summed E-state index contributed by atoms with van der Waals surface area (Å²) in [6, 6.07) is 9.55. The van der Waals surface area contributed by atoms with Gasteiger partial charge in [0, 0.05) is 31.3 Å². The van der Waals surface area contributed by atoms with Crippen LogP contribution in [-0.4, -0.2) is 33.7 Å². The zero-order chi connectivity index (χ0) is 18.8. The monoisotopic (exact) mass is 365 g/mol. The highest BCUT2D eigenvalue weighted by atomic mass is 16.2. The average Bonchev–Trinajstić information content (AvgIpc) is 2.69. The number of carbonyl (C=O) groups excluding carboxylic acids is 1. The molecule has 5 heteroatoms. The molecule has 27 heavy (non-hydrogen) atoms. The van der Waals surface area contributed by atoms with Crippen LogP contribution in [0.25, 0.3) is 0 Å². The first-order valence-electron chi connectivity index (χ1n) is 10.1. The summed E-state index contributed by atoms with van der Waals surface area (Å²) in [6.45, 7) is 4.14. The van der Waals surface area contributed by atoms with Crippen LogP contribution in [0.4, 0.5) is 0 Å². The molecule has 5 nitrogen and oxygen atoms in total. The fourth-order valence-electron chi connectivity index (χ4n) is 4.28. The van der Waals surface area contributed by atoms with Gasteiger partial charge >= 0.3 is 0 Å². The first-order chi connectivity index (χ1) is 13.1. The van der Waals surface area contributed by atoms with E-state index in [1.807, 2.05) is 36.1 Å². The van der Waals surface area contributed by atoms with E-state index in [1.165, 1.54) is 0 Å². The molecule has 1 aliphatic heterocycles. The average molecular weight is 365 g/mol. The van der Waals surface area contributed by atoms with Gasteiger partial charge in [0.2, 0.25) is 0 Å². The van der Waals surface area contributed by atoms with Gasteiger partial charge in [0.05, 0.1) is 5.69 Å². The number of hydrogen-bond donors (Lipinski definition) is 0. The Bertz CT molecular complexity index is 895. The maximum atomic E-state index is 12.8. The summed E-state index contributed by atoms with van der Waals surface area (Å²) in [7, 11) is 0. The molecule has 0 N–H and O–H groups in total. The van der Waals surface area contributed by atoms with Gasteiger partial charge in [-0.1, -0.05) is 18.2 Å². The number of likely N-dealkylation sites (tertiary alicyclic amines) is 1. The SMILES string of the molecule is Cc1ccccc1C(=O)N1CCC(Cn2nc3c(cc2=O)CCCC3)CC1. The van der Waals surface area contributed by atoms with Crippen molar-refractivity contribution in [3.63, 3.8) is 0 Å². The van der Waals surface area contributed by atoms with Crippen molar-refractivity contribution in [1.29, 1.82) is 0 Å². The Morgan fingerprint density at radius 1 is 1.15 bits per heavy atom. The summed E-state index contributed by atoms with van der Waals surface area (Å²) in [5, 5.41) is 4.64. The maximum absolute atomic E-state index is 12.8. The maximum Gasteiger partial charge on any atom is 0.267 e. The minimum Gasteiger partial charge on any atom is -0.339 e. The molecular weight excluding hydrogens is 338 g/mol. The van der Waals surface area contributed by atoms with Crippen molar-refractivity contribution in [1.82, 2.24) is 14.7 Å². The third-order valence-electron chi connectivity index (χ3n) is 5.98. The van der Waals surface area contributed by atoms with Crippen molar-refractivity contribution in [3.8, 4) is 0 Å².